The quantitative estimate of drug-likeness (QED) is 0.123. The second kappa shape index (κ2) is 14.7. The molecular formula is C48H62O8. The van der Waals surface area contributed by atoms with Gasteiger partial charge in [-0.05, 0) is 108 Å². The standard InChI is InChI=1S/C48H62O8/c1-43(2)27-34-33-19-20-36-44(3)25-24-37(50)45(4,30-55-39(52)21-17-31-13-9-7-10-14-31)35(44)23-26-46(36,5)47(33,6)28-38(51)48(34,29-49)42(41(43)54)56-40(53)22-18-32-15-11-8-12-16-32/h7-19,21-22,34-38,41-42,49-51,54H,20,23-30H2,1-6H3/t34?,35?,36?,37-,38+,41-,42-,44-,45+,46+,47+,48-/m0/s1. The molecular weight excluding hydrogens is 705 g/mol. The molecule has 4 saturated carbocycles. The summed E-state index contributed by atoms with van der Waals surface area (Å²) >= 11 is 0. The normalized spacial score (nSPS) is 41.5. The van der Waals surface area contributed by atoms with Gasteiger partial charge in [-0.2, -0.15) is 0 Å². The molecule has 8 nitrogen and oxygen atoms in total. The summed E-state index contributed by atoms with van der Waals surface area (Å²) in [6, 6.07) is 19.1. The molecule has 2 aromatic carbocycles. The third-order valence-corrected chi connectivity index (χ3v) is 16.4. The lowest BCUT2D eigenvalue weighted by atomic mass is 9.33. The maximum Gasteiger partial charge on any atom is 0.331 e. The van der Waals surface area contributed by atoms with Crippen LogP contribution < -0.4 is 0 Å². The molecule has 0 bridgehead atoms. The van der Waals surface area contributed by atoms with Gasteiger partial charge in [0.1, 0.15) is 6.10 Å². The third-order valence-electron chi connectivity index (χ3n) is 16.4. The van der Waals surface area contributed by atoms with Crippen LogP contribution in [0, 0.1) is 50.2 Å². The number of carbonyl (C=O) groups excluding carboxylic acids is 2. The highest BCUT2D eigenvalue weighted by Gasteiger charge is 2.73. The van der Waals surface area contributed by atoms with Gasteiger partial charge in [-0.15, -0.1) is 0 Å². The average molecular weight is 767 g/mol. The summed E-state index contributed by atoms with van der Waals surface area (Å²) in [5, 5.41) is 47.4. The van der Waals surface area contributed by atoms with E-state index in [0.29, 0.717) is 19.3 Å². The highest BCUT2D eigenvalue weighted by atomic mass is 16.6. The summed E-state index contributed by atoms with van der Waals surface area (Å²) < 4.78 is 12.1. The summed E-state index contributed by atoms with van der Waals surface area (Å²) in [5.41, 5.74) is -0.530. The lowest BCUT2D eigenvalue weighted by Gasteiger charge is -2.72. The van der Waals surface area contributed by atoms with E-state index in [-0.39, 0.29) is 35.2 Å². The van der Waals surface area contributed by atoms with E-state index >= 15 is 0 Å². The van der Waals surface area contributed by atoms with Crippen molar-refractivity contribution >= 4 is 24.1 Å². The summed E-state index contributed by atoms with van der Waals surface area (Å²) in [6.45, 7) is 12.8. The van der Waals surface area contributed by atoms with Crippen LogP contribution in [0.25, 0.3) is 12.2 Å². The highest BCUT2D eigenvalue weighted by molar-refractivity contribution is 5.87. The van der Waals surface area contributed by atoms with Crippen molar-refractivity contribution in [2.75, 3.05) is 13.2 Å². The highest BCUT2D eigenvalue weighted by Crippen LogP contribution is 2.76. The zero-order chi connectivity index (χ0) is 40.3. The van der Waals surface area contributed by atoms with Gasteiger partial charge in [-0.25, -0.2) is 9.59 Å². The lowest BCUT2D eigenvalue weighted by Crippen LogP contribution is -2.72. The van der Waals surface area contributed by atoms with Gasteiger partial charge in [-0.3, -0.25) is 0 Å². The van der Waals surface area contributed by atoms with Crippen molar-refractivity contribution < 1.29 is 39.5 Å². The fraction of sp³-hybridized carbons (Fsp3) is 0.583. The first-order valence-corrected chi connectivity index (χ1v) is 20.7. The molecule has 2 aromatic rings. The number of fused-ring (bicyclic) bond motifs is 7. The Hall–Kier alpha value is -3.56. The number of ether oxygens (including phenoxy) is 2. The smallest absolute Gasteiger partial charge is 0.331 e. The minimum Gasteiger partial charge on any atom is -0.462 e. The first kappa shape index (κ1) is 40.6. The van der Waals surface area contributed by atoms with Crippen molar-refractivity contribution in [2.24, 2.45) is 50.2 Å². The number of allylic oxidation sites excluding steroid dienone is 2. The molecule has 302 valence electrons. The maximum atomic E-state index is 13.4. The molecule has 0 amide bonds. The van der Waals surface area contributed by atoms with E-state index in [1.54, 1.807) is 12.2 Å². The van der Waals surface area contributed by atoms with Crippen molar-refractivity contribution in [3.8, 4) is 0 Å². The Labute approximate surface area is 332 Å². The van der Waals surface area contributed by atoms with Crippen molar-refractivity contribution in [3.05, 3.63) is 95.6 Å². The summed E-state index contributed by atoms with van der Waals surface area (Å²) in [6.07, 6.45) is 9.52. The van der Waals surface area contributed by atoms with Crippen molar-refractivity contribution in [1.82, 2.24) is 0 Å². The predicted molar refractivity (Wildman–Crippen MR) is 216 cm³/mol. The molecule has 0 aliphatic heterocycles. The van der Waals surface area contributed by atoms with E-state index in [0.717, 1.165) is 36.8 Å². The van der Waals surface area contributed by atoms with Crippen LogP contribution >= 0.6 is 0 Å². The number of aliphatic hydroxyl groups is 4. The second-order valence-corrected chi connectivity index (χ2v) is 19.5. The monoisotopic (exact) mass is 766 g/mol. The van der Waals surface area contributed by atoms with Crippen LogP contribution in [0.4, 0.5) is 0 Å². The SMILES string of the molecule is CC1(C)CC2C3=CCC4[C@@]5(C)CC[C@H](O)[C@](C)(COC(=O)C=Cc6ccccc6)C5CC[C@@]4(C)[C@]3(C)C[C@@H](O)[C@@]2(CO)[C@@H](OC(=O)C=Cc2ccccc2)[C@@H]1O. The summed E-state index contributed by atoms with van der Waals surface area (Å²) in [7, 11) is 0. The molecule has 8 heteroatoms. The summed E-state index contributed by atoms with van der Waals surface area (Å²) in [5.74, 6) is -1.06. The molecule has 4 N–H and O–H groups in total. The molecule has 0 spiro atoms. The summed E-state index contributed by atoms with van der Waals surface area (Å²) in [4.78, 5) is 26.4. The van der Waals surface area contributed by atoms with Crippen LogP contribution in [0.1, 0.15) is 97.6 Å². The van der Waals surface area contributed by atoms with Gasteiger partial charge >= 0.3 is 11.9 Å². The minimum atomic E-state index is -1.28. The number of rotatable bonds is 8. The molecule has 0 radical (unpaired) electrons. The molecule has 5 aliphatic carbocycles. The number of benzene rings is 2. The Bertz CT molecular complexity index is 1870. The van der Waals surface area contributed by atoms with Crippen molar-refractivity contribution in [3.63, 3.8) is 0 Å². The Morgan fingerprint density at radius 1 is 0.768 bits per heavy atom. The molecule has 5 aliphatic rings. The topological polar surface area (TPSA) is 134 Å². The average Bonchev–Trinajstić information content (AvgIpc) is 3.17. The molecule has 56 heavy (non-hydrogen) atoms. The molecule has 0 aromatic heterocycles. The first-order chi connectivity index (χ1) is 26.5. The fourth-order valence-electron chi connectivity index (χ4n) is 12.9. The fourth-order valence-corrected chi connectivity index (χ4v) is 12.9. The number of esters is 2. The van der Waals surface area contributed by atoms with Crippen molar-refractivity contribution in [1.29, 1.82) is 0 Å². The predicted octanol–water partition coefficient (Wildman–Crippen LogP) is 7.55. The molecule has 12 atom stereocenters. The van der Waals surface area contributed by atoms with E-state index in [9.17, 15) is 30.0 Å². The van der Waals surface area contributed by atoms with Crippen LogP contribution in [0.15, 0.2) is 84.5 Å². The molecule has 4 fully saturated rings. The van der Waals surface area contributed by atoms with Crippen molar-refractivity contribution in [2.45, 2.75) is 111 Å². The number of hydrogen-bond acceptors (Lipinski definition) is 8. The number of hydrogen-bond donors (Lipinski definition) is 4. The van der Waals surface area contributed by atoms with E-state index in [1.807, 2.05) is 74.5 Å². The van der Waals surface area contributed by atoms with Crippen LogP contribution in [0.3, 0.4) is 0 Å². The van der Waals surface area contributed by atoms with Crippen LogP contribution in [0.5, 0.6) is 0 Å². The van der Waals surface area contributed by atoms with Gasteiger partial charge in [0.25, 0.3) is 0 Å². The van der Waals surface area contributed by atoms with Gasteiger partial charge in [0.2, 0.25) is 0 Å². The first-order valence-electron chi connectivity index (χ1n) is 20.7. The zero-order valence-corrected chi connectivity index (χ0v) is 34.0. The Balaban J connectivity index is 1.18. The van der Waals surface area contributed by atoms with Gasteiger partial charge in [0, 0.05) is 17.6 Å². The van der Waals surface area contributed by atoms with E-state index < -0.39 is 64.6 Å². The largest absolute Gasteiger partial charge is 0.462 e. The van der Waals surface area contributed by atoms with E-state index in [2.05, 4.69) is 33.8 Å². The van der Waals surface area contributed by atoms with Crippen LogP contribution in [-0.4, -0.2) is 70.0 Å². The number of carbonyl (C=O) groups is 2. The number of aliphatic hydroxyl groups excluding tert-OH is 4. The van der Waals surface area contributed by atoms with Gasteiger partial charge in [-0.1, -0.05) is 114 Å². The van der Waals surface area contributed by atoms with Crippen LogP contribution in [0.2, 0.25) is 0 Å². The lowest BCUT2D eigenvalue weighted by molar-refractivity contribution is -0.263. The zero-order valence-electron chi connectivity index (χ0n) is 34.0. The molecule has 7 rings (SSSR count). The third kappa shape index (κ3) is 6.34. The minimum absolute atomic E-state index is 0.0998. The van der Waals surface area contributed by atoms with Gasteiger partial charge < -0.3 is 29.9 Å². The van der Waals surface area contributed by atoms with E-state index in [4.69, 9.17) is 9.47 Å². The second-order valence-electron chi connectivity index (χ2n) is 19.5. The Morgan fingerprint density at radius 2 is 1.38 bits per heavy atom. The molecule has 3 unspecified atom stereocenters. The molecule has 0 heterocycles. The van der Waals surface area contributed by atoms with Crippen LogP contribution in [-0.2, 0) is 19.1 Å². The Morgan fingerprint density at radius 3 is 1.98 bits per heavy atom. The maximum absolute atomic E-state index is 13.4. The Kier molecular flexibility index (Phi) is 10.6. The molecule has 0 saturated heterocycles. The van der Waals surface area contributed by atoms with Gasteiger partial charge in [0.05, 0.1) is 36.9 Å². The van der Waals surface area contributed by atoms with Gasteiger partial charge in [0.15, 0.2) is 0 Å². The van der Waals surface area contributed by atoms with E-state index in [1.165, 1.54) is 17.7 Å².